The first-order chi connectivity index (χ1) is 10.1. The number of nitrogens with one attached hydrogen (secondary N) is 1. The summed E-state index contributed by atoms with van der Waals surface area (Å²) in [5.74, 6) is 0. The van der Waals surface area contributed by atoms with Crippen molar-refractivity contribution >= 4 is 23.3 Å². The summed E-state index contributed by atoms with van der Waals surface area (Å²) in [5, 5.41) is 13.7. The molecule has 116 valence electrons. The van der Waals surface area contributed by atoms with Crippen LogP contribution < -0.4 is 5.32 Å². The summed E-state index contributed by atoms with van der Waals surface area (Å²) >= 11 is 5.85. The number of benzene rings is 1. The van der Waals surface area contributed by atoms with Gasteiger partial charge < -0.3 is 15.3 Å². The van der Waals surface area contributed by atoms with Crippen molar-refractivity contribution < 1.29 is 9.90 Å². The molecular formula is C16H23ClN2O2. The van der Waals surface area contributed by atoms with E-state index in [1.54, 1.807) is 29.2 Å². The van der Waals surface area contributed by atoms with Gasteiger partial charge in [0.15, 0.2) is 0 Å². The molecular weight excluding hydrogens is 288 g/mol. The maximum absolute atomic E-state index is 12.5. The smallest absolute Gasteiger partial charge is 0.322 e. The zero-order valence-corrected chi connectivity index (χ0v) is 13.1. The van der Waals surface area contributed by atoms with Crippen LogP contribution in [0.15, 0.2) is 24.3 Å². The van der Waals surface area contributed by atoms with Crippen molar-refractivity contribution in [2.45, 2.75) is 51.2 Å². The van der Waals surface area contributed by atoms with E-state index in [4.69, 9.17) is 11.6 Å². The molecule has 1 aliphatic carbocycles. The Bertz CT molecular complexity index is 464. The van der Waals surface area contributed by atoms with Gasteiger partial charge in [0.05, 0.1) is 12.1 Å². The van der Waals surface area contributed by atoms with E-state index in [1.165, 1.54) is 0 Å². The molecule has 1 fully saturated rings. The molecule has 0 bridgehead atoms. The average Bonchev–Trinajstić information content (AvgIpc) is 2.48. The van der Waals surface area contributed by atoms with E-state index in [0.29, 0.717) is 11.6 Å². The monoisotopic (exact) mass is 310 g/mol. The van der Waals surface area contributed by atoms with Crippen LogP contribution in [0.1, 0.15) is 39.0 Å². The Hall–Kier alpha value is -1.26. The highest BCUT2D eigenvalue weighted by Crippen LogP contribution is 2.24. The third kappa shape index (κ3) is 4.35. The normalized spacial score (nSPS) is 21.9. The van der Waals surface area contributed by atoms with Crippen molar-refractivity contribution in [2.24, 2.45) is 0 Å². The van der Waals surface area contributed by atoms with E-state index in [2.05, 4.69) is 5.32 Å². The lowest BCUT2D eigenvalue weighted by atomic mass is 9.91. The van der Waals surface area contributed by atoms with Crippen molar-refractivity contribution in [1.82, 2.24) is 4.90 Å². The second kappa shape index (κ2) is 7.66. The van der Waals surface area contributed by atoms with Gasteiger partial charge in [0.2, 0.25) is 0 Å². The first-order valence-electron chi connectivity index (χ1n) is 7.63. The fourth-order valence-corrected chi connectivity index (χ4v) is 2.97. The number of amides is 2. The molecule has 1 aromatic rings. The van der Waals surface area contributed by atoms with Crippen molar-refractivity contribution in [3.8, 4) is 0 Å². The molecule has 2 N–H and O–H groups in total. The van der Waals surface area contributed by atoms with Crippen molar-refractivity contribution in [3.05, 3.63) is 29.3 Å². The number of aliphatic hydroxyl groups is 1. The number of nitrogens with zero attached hydrogens (tertiary/aromatic N) is 1. The lowest BCUT2D eigenvalue weighted by molar-refractivity contribution is 0.0397. The van der Waals surface area contributed by atoms with Crippen LogP contribution in [0.4, 0.5) is 10.5 Å². The van der Waals surface area contributed by atoms with E-state index in [1.807, 2.05) is 6.92 Å². The van der Waals surface area contributed by atoms with Crippen LogP contribution in [0, 0.1) is 0 Å². The Morgan fingerprint density at radius 2 is 2.00 bits per heavy atom. The molecule has 0 spiro atoms. The molecule has 4 nitrogen and oxygen atoms in total. The van der Waals surface area contributed by atoms with Gasteiger partial charge in [-0.15, -0.1) is 0 Å². The van der Waals surface area contributed by atoms with Gasteiger partial charge in [0.25, 0.3) is 0 Å². The molecule has 2 rings (SSSR count). The van der Waals surface area contributed by atoms with E-state index in [9.17, 15) is 9.90 Å². The van der Waals surface area contributed by atoms with Crippen LogP contribution in [-0.4, -0.2) is 34.7 Å². The maximum Gasteiger partial charge on any atom is 0.322 e. The van der Waals surface area contributed by atoms with Crippen LogP contribution in [0.5, 0.6) is 0 Å². The highest BCUT2D eigenvalue weighted by atomic mass is 35.5. The van der Waals surface area contributed by atoms with Crippen LogP contribution >= 0.6 is 11.6 Å². The molecule has 1 saturated carbocycles. The van der Waals surface area contributed by atoms with Gasteiger partial charge in [-0.25, -0.2) is 4.79 Å². The number of hydrogen-bond donors (Lipinski definition) is 2. The number of hydrogen-bond acceptors (Lipinski definition) is 2. The number of urea groups is 1. The maximum atomic E-state index is 12.5. The standard InChI is InChI=1S/C16H23ClN2O2/c1-2-11-19(14-5-3-4-6-15(14)20)16(21)18-13-9-7-12(17)8-10-13/h7-10,14-15,20H,2-6,11H2,1H3,(H,18,21)/t14-,15+/m0/s1. The van der Waals surface area contributed by atoms with E-state index in [-0.39, 0.29) is 12.1 Å². The summed E-state index contributed by atoms with van der Waals surface area (Å²) in [5.41, 5.74) is 0.718. The third-order valence-corrected chi connectivity index (χ3v) is 4.17. The minimum absolute atomic E-state index is 0.0778. The van der Waals surface area contributed by atoms with E-state index >= 15 is 0 Å². The second-order valence-electron chi connectivity index (χ2n) is 5.55. The Morgan fingerprint density at radius 1 is 1.33 bits per heavy atom. The molecule has 0 aliphatic heterocycles. The topological polar surface area (TPSA) is 52.6 Å². The Kier molecular flexibility index (Phi) is 5.88. The summed E-state index contributed by atoms with van der Waals surface area (Å²) in [6, 6.07) is 6.83. The first-order valence-corrected chi connectivity index (χ1v) is 8.01. The van der Waals surface area contributed by atoms with Gasteiger partial charge in [-0.1, -0.05) is 31.4 Å². The highest BCUT2D eigenvalue weighted by Gasteiger charge is 2.31. The number of aliphatic hydroxyl groups excluding tert-OH is 1. The molecule has 2 atom stereocenters. The zero-order valence-electron chi connectivity index (χ0n) is 12.4. The number of carbonyl (C=O) groups is 1. The molecule has 1 aromatic carbocycles. The number of anilines is 1. The largest absolute Gasteiger partial charge is 0.391 e. The lowest BCUT2D eigenvalue weighted by Gasteiger charge is -2.37. The predicted octanol–water partition coefficient (Wildman–Crippen LogP) is 3.89. The van der Waals surface area contributed by atoms with Gasteiger partial charge in [0.1, 0.15) is 0 Å². The summed E-state index contributed by atoms with van der Waals surface area (Å²) in [7, 11) is 0. The van der Waals surface area contributed by atoms with Crippen LogP contribution in [0.2, 0.25) is 5.02 Å². The molecule has 0 heterocycles. The third-order valence-electron chi connectivity index (χ3n) is 3.92. The fourth-order valence-electron chi connectivity index (χ4n) is 2.84. The summed E-state index contributed by atoms with van der Waals surface area (Å²) in [4.78, 5) is 14.3. The highest BCUT2D eigenvalue weighted by molar-refractivity contribution is 6.30. The van der Waals surface area contributed by atoms with Crippen molar-refractivity contribution in [3.63, 3.8) is 0 Å². The van der Waals surface area contributed by atoms with Gasteiger partial charge in [-0.05, 0) is 43.5 Å². The quantitative estimate of drug-likeness (QED) is 0.886. The summed E-state index contributed by atoms with van der Waals surface area (Å²) in [6.07, 6.45) is 4.21. The van der Waals surface area contributed by atoms with Crippen LogP contribution in [0.3, 0.4) is 0 Å². The molecule has 0 radical (unpaired) electrons. The van der Waals surface area contributed by atoms with E-state index in [0.717, 1.165) is 37.8 Å². The SMILES string of the molecule is CCCN(C(=O)Nc1ccc(Cl)cc1)[C@H]1CCCC[C@H]1O. The first kappa shape index (κ1) is 16.1. The number of halogens is 1. The van der Waals surface area contributed by atoms with Gasteiger partial charge in [-0.3, -0.25) is 0 Å². The van der Waals surface area contributed by atoms with E-state index < -0.39 is 6.10 Å². The average molecular weight is 311 g/mol. The Morgan fingerprint density at radius 3 is 2.62 bits per heavy atom. The summed E-state index contributed by atoms with van der Waals surface area (Å²) in [6.45, 7) is 2.69. The molecule has 0 saturated heterocycles. The molecule has 1 aliphatic rings. The Labute approximate surface area is 131 Å². The van der Waals surface area contributed by atoms with Crippen molar-refractivity contribution in [2.75, 3.05) is 11.9 Å². The second-order valence-corrected chi connectivity index (χ2v) is 5.99. The van der Waals surface area contributed by atoms with Gasteiger partial charge in [-0.2, -0.15) is 0 Å². The molecule has 2 amide bonds. The zero-order chi connectivity index (χ0) is 15.2. The van der Waals surface area contributed by atoms with Crippen molar-refractivity contribution in [1.29, 1.82) is 0 Å². The minimum Gasteiger partial charge on any atom is -0.391 e. The molecule has 5 heteroatoms. The van der Waals surface area contributed by atoms with Gasteiger partial charge in [0, 0.05) is 17.3 Å². The molecule has 0 aromatic heterocycles. The molecule has 21 heavy (non-hydrogen) atoms. The van der Waals surface area contributed by atoms with Crippen LogP contribution in [0.25, 0.3) is 0 Å². The predicted molar refractivity (Wildman–Crippen MR) is 85.7 cm³/mol. The Balaban J connectivity index is 2.05. The minimum atomic E-state index is -0.415. The summed E-state index contributed by atoms with van der Waals surface area (Å²) < 4.78 is 0. The van der Waals surface area contributed by atoms with Crippen LogP contribution in [-0.2, 0) is 0 Å². The lowest BCUT2D eigenvalue weighted by Crippen LogP contribution is -2.50. The fraction of sp³-hybridized carbons (Fsp3) is 0.562. The van der Waals surface area contributed by atoms with Gasteiger partial charge >= 0.3 is 6.03 Å². The molecule has 0 unspecified atom stereocenters. The number of carbonyl (C=O) groups excluding carboxylic acids is 1. The number of rotatable bonds is 4.